The quantitative estimate of drug-likeness (QED) is 0.464. The molecule has 0 heterocycles. The maximum Gasteiger partial charge on any atom is 0.144 e. The Morgan fingerprint density at radius 1 is 1.20 bits per heavy atom. The minimum absolute atomic E-state index is 0.00637. The Balaban J connectivity index is 2.34. The van der Waals surface area contributed by atoms with E-state index >= 15 is 0 Å². The molecule has 2 nitrogen and oxygen atoms in total. The molecule has 2 heteroatoms. The van der Waals surface area contributed by atoms with Gasteiger partial charge >= 0.3 is 0 Å². The van der Waals surface area contributed by atoms with Gasteiger partial charge in [0, 0.05) is 11.8 Å². The van der Waals surface area contributed by atoms with Gasteiger partial charge in [0.05, 0.1) is 6.42 Å². The van der Waals surface area contributed by atoms with Gasteiger partial charge in [-0.05, 0) is 5.41 Å². The van der Waals surface area contributed by atoms with Gasteiger partial charge in [-0.2, -0.15) is 0 Å². The topological polar surface area (TPSA) is 34.1 Å². The lowest BCUT2D eigenvalue weighted by Gasteiger charge is -2.03. The van der Waals surface area contributed by atoms with Crippen molar-refractivity contribution in [1.82, 2.24) is 0 Å². The van der Waals surface area contributed by atoms with Crippen LogP contribution in [0.2, 0.25) is 0 Å². The molecule has 2 aliphatic carbocycles. The van der Waals surface area contributed by atoms with Crippen LogP contribution in [0, 0.1) is 17.3 Å². The van der Waals surface area contributed by atoms with Crippen LogP contribution in [-0.2, 0) is 9.59 Å². The van der Waals surface area contributed by atoms with Crippen LogP contribution in [0.4, 0.5) is 0 Å². The Kier molecular flexibility index (Phi) is 0.812. The van der Waals surface area contributed by atoms with E-state index in [1.54, 1.807) is 0 Å². The molecule has 2 saturated carbocycles. The lowest BCUT2D eigenvalue weighted by Crippen LogP contribution is -2.11. The molecule has 2 rings (SSSR count). The summed E-state index contributed by atoms with van der Waals surface area (Å²) in [6.45, 7) is 3.99. The van der Waals surface area contributed by atoms with Gasteiger partial charge in [0.2, 0.25) is 0 Å². The van der Waals surface area contributed by atoms with Crippen LogP contribution in [0.25, 0.3) is 0 Å². The molecule has 0 saturated heterocycles. The number of hydrogen-bond donors (Lipinski definition) is 0. The normalized spacial score (nSPS) is 41.8. The van der Waals surface area contributed by atoms with Gasteiger partial charge in [-0.1, -0.05) is 13.8 Å². The number of carbonyl (C=O) groups excluding carboxylic acids is 2. The molecule has 0 N–H and O–H groups in total. The van der Waals surface area contributed by atoms with E-state index in [0.717, 1.165) is 0 Å². The van der Waals surface area contributed by atoms with Crippen molar-refractivity contribution in [2.24, 2.45) is 17.3 Å². The Hall–Kier alpha value is -0.660. The average molecular weight is 138 g/mol. The van der Waals surface area contributed by atoms with Crippen molar-refractivity contribution < 1.29 is 9.59 Å². The Labute approximate surface area is 59.6 Å². The zero-order chi connectivity index (χ0) is 7.52. The summed E-state index contributed by atoms with van der Waals surface area (Å²) in [7, 11) is 0. The number of fused-ring (bicyclic) bond motifs is 1. The first-order valence-electron chi connectivity index (χ1n) is 3.60. The molecule has 0 aromatic carbocycles. The van der Waals surface area contributed by atoms with Crippen LogP contribution in [0.3, 0.4) is 0 Å². The molecule has 0 spiro atoms. The number of hydrogen-bond acceptors (Lipinski definition) is 2. The van der Waals surface area contributed by atoms with Crippen LogP contribution in [0.1, 0.15) is 20.3 Å². The monoisotopic (exact) mass is 138 g/mol. The van der Waals surface area contributed by atoms with Crippen LogP contribution in [-0.4, -0.2) is 11.6 Å². The number of carbonyl (C=O) groups is 2. The molecular formula is C8H10O2. The van der Waals surface area contributed by atoms with E-state index in [1.165, 1.54) is 0 Å². The lowest BCUT2D eigenvalue weighted by molar-refractivity contribution is -0.125. The van der Waals surface area contributed by atoms with E-state index < -0.39 is 0 Å². The van der Waals surface area contributed by atoms with Crippen molar-refractivity contribution in [3.8, 4) is 0 Å². The highest BCUT2D eigenvalue weighted by molar-refractivity contribution is 6.13. The first kappa shape index (κ1) is 6.08. The van der Waals surface area contributed by atoms with E-state index in [9.17, 15) is 9.59 Å². The summed E-state index contributed by atoms with van der Waals surface area (Å²) in [5, 5.41) is 0. The molecule has 2 unspecified atom stereocenters. The molecule has 2 aliphatic rings. The van der Waals surface area contributed by atoms with Crippen molar-refractivity contribution in [1.29, 1.82) is 0 Å². The third kappa shape index (κ3) is 0.459. The van der Waals surface area contributed by atoms with Gasteiger partial charge < -0.3 is 0 Å². The lowest BCUT2D eigenvalue weighted by atomic mass is 10.00. The minimum atomic E-state index is 0.00637. The van der Waals surface area contributed by atoms with Gasteiger partial charge in [0.15, 0.2) is 0 Å². The van der Waals surface area contributed by atoms with Crippen molar-refractivity contribution in [3.63, 3.8) is 0 Å². The Morgan fingerprint density at radius 2 is 1.60 bits per heavy atom. The van der Waals surface area contributed by atoms with Crippen LogP contribution in [0.15, 0.2) is 0 Å². The van der Waals surface area contributed by atoms with Gasteiger partial charge in [-0.25, -0.2) is 0 Å². The molecule has 0 aliphatic heterocycles. The smallest absolute Gasteiger partial charge is 0.144 e. The highest BCUT2D eigenvalue weighted by Crippen LogP contribution is 2.63. The molecule has 2 atom stereocenters. The SMILES string of the molecule is CC1(C)C2C(=O)CC(=O)C21. The molecule has 2 fully saturated rings. The summed E-state index contributed by atoms with van der Waals surface area (Å²) >= 11 is 0. The van der Waals surface area contributed by atoms with E-state index in [-0.39, 0.29) is 35.2 Å². The van der Waals surface area contributed by atoms with Crippen LogP contribution in [0.5, 0.6) is 0 Å². The second kappa shape index (κ2) is 1.34. The van der Waals surface area contributed by atoms with Crippen LogP contribution < -0.4 is 0 Å². The van der Waals surface area contributed by atoms with Gasteiger partial charge in [0.25, 0.3) is 0 Å². The fourth-order valence-electron chi connectivity index (χ4n) is 2.23. The summed E-state index contributed by atoms with van der Waals surface area (Å²) in [6.07, 6.45) is 0.207. The van der Waals surface area contributed by atoms with Crippen molar-refractivity contribution in [3.05, 3.63) is 0 Å². The second-order valence-corrected chi connectivity index (χ2v) is 3.89. The number of Topliss-reactive ketones (excluding diaryl/α,β-unsaturated/α-hetero) is 2. The minimum Gasteiger partial charge on any atom is -0.299 e. The molecule has 0 bridgehead atoms. The standard InChI is InChI=1S/C8H10O2/c1-8(2)6-4(9)3-5(10)7(6)8/h6-7H,3H2,1-2H3. The third-order valence-electron chi connectivity index (χ3n) is 2.87. The highest BCUT2D eigenvalue weighted by Gasteiger charge is 2.68. The summed E-state index contributed by atoms with van der Waals surface area (Å²) in [4.78, 5) is 22.0. The predicted molar refractivity (Wildman–Crippen MR) is 35.4 cm³/mol. The summed E-state index contributed by atoms with van der Waals surface area (Å²) < 4.78 is 0. The zero-order valence-corrected chi connectivity index (χ0v) is 6.18. The van der Waals surface area contributed by atoms with Gasteiger partial charge in [-0.3, -0.25) is 9.59 Å². The maximum atomic E-state index is 11.0. The van der Waals surface area contributed by atoms with Crippen LogP contribution >= 0.6 is 0 Å². The molecule has 0 aromatic heterocycles. The number of ketones is 2. The van der Waals surface area contributed by atoms with Crippen molar-refractivity contribution in [2.45, 2.75) is 20.3 Å². The molecule has 0 amide bonds. The van der Waals surface area contributed by atoms with Gasteiger partial charge in [-0.15, -0.1) is 0 Å². The highest BCUT2D eigenvalue weighted by atomic mass is 16.2. The maximum absolute atomic E-state index is 11.0. The summed E-state index contributed by atoms with van der Waals surface area (Å²) in [5.41, 5.74) is 0.00637. The molecule has 0 aromatic rings. The molecule has 0 radical (unpaired) electrons. The Morgan fingerprint density at radius 3 is 1.80 bits per heavy atom. The fraction of sp³-hybridized carbons (Fsp3) is 0.750. The molecule has 10 heavy (non-hydrogen) atoms. The molecular weight excluding hydrogens is 128 g/mol. The largest absolute Gasteiger partial charge is 0.299 e. The molecule has 54 valence electrons. The van der Waals surface area contributed by atoms with E-state index in [4.69, 9.17) is 0 Å². The van der Waals surface area contributed by atoms with Crippen molar-refractivity contribution >= 4 is 11.6 Å². The van der Waals surface area contributed by atoms with E-state index in [1.807, 2.05) is 13.8 Å². The second-order valence-electron chi connectivity index (χ2n) is 3.89. The summed E-state index contributed by atoms with van der Waals surface area (Å²) in [5.74, 6) is 0.500. The fourth-order valence-corrected chi connectivity index (χ4v) is 2.23. The first-order chi connectivity index (χ1) is 4.55. The predicted octanol–water partition coefficient (Wildman–Crippen LogP) is 0.800. The van der Waals surface area contributed by atoms with E-state index in [0.29, 0.717) is 0 Å². The zero-order valence-electron chi connectivity index (χ0n) is 6.18. The van der Waals surface area contributed by atoms with E-state index in [2.05, 4.69) is 0 Å². The number of rotatable bonds is 0. The van der Waals surface area contributed by atoms with Gasteiger partial charge in [0.1, 0.15) is 11.6 Å². The van der Waals surface area contributed by atoms with Crippen molar-refractivity contribution in [2.75, 3.05) is 0 Å². The first-order valence-corrected chi connectivity index (χ1v) is 3.60. The summed E-state index contributed by atoms with van der Waals surface area (Å²) in [6, 6.07) is 0. The average Bonchev–Trinajstić information content (AvgIpc) is 2.17. The Bertz CT molecular complexity index is 205. The third-order valence-corrected chi connectivity index (χ3v) is 2.87.